The van der Waals surface area contributed by atoms with E-state index in [1.807, 2.05) is 0 Å². The van der Waals surface area contributed by atoms with Gasteiger partial charge in [-0.05, 0) is 6.07 Å². The van der Waals surface area contributed by atoms with Gasteiger partial charge in [0, 0.05) is 38.9 Å². The van der Waals surface area contributed by atoms with Crippen molar-refractivity contribution in [2.45, 2.75) is 12.5 Å². The van der Waals surface area contributed by atoms with E-state index in [0.29, 0.717) is 16.3 Å². The van der Waals surface area contributed by atoms with Gasteiger partial charge in [-0.15, -0.1) is 0 Å². The molecule has 2 rings (SSSR count). The van der Waals surface area contributed by atoms with Crippen molar-refractivity contribution in [3.05, 3.63) is 41.0 Å². The maximum absolute atomic E-state index is 12.5. The Bertz CT molecular complexity index is 745. The number of aliphatic carboxylic acids is 1. The summed E-state index contributed by atoms with van der Waals surface area (Å²) in [6.07, 6.45) is 1.70. The summed E-state index contributed by atoms with van der Waals surface area (Å²) in [5.74, 6) is -1.65. The predicted molar refractivity (Wildman–Crippen MR) is 89.0 cm³/mol. The molecule has 1 amide bonds. The van der Waals surface area contributed by atoms with E-state index in [-0.39, 0.29) is 18.6 Å². The van der Waals surface area contributed by atoms with E-state index in [1.54, 1.807) is 31.3 Å². The number of ether oxygens (including phenoxy) is 1. The summed E-state index contributed by atoms with van der Waals surface area (Å²) < 4.78 is 6.36. The lowest BCUT2D eigenvalue weighted by atomic mass is 10.1. The van der Waals surface area contributed by atoms with E-state index in [1.165, 1.54) is 18.0 Å². The molecule has 0 bridgehead atoms. The van der Waals surface area contributed by atoms with Crippen molar-refractivity contribution >= 4 is 23.5 Å². The number of aromatic nitrogens is 2. The van der Waals surface area contributed by atoms with Crippen LogP contribution in [0.4, 0.5) is 0 Å². The average Bonchev–Trinajstić information content (AvgIpc) is 2.93. The lowest BCUT2D eigenvalue weighted by Gasteiger charge is -2.14. The van der Waals surface area contributed by atoms with Crippen molar-refractivity contribution in [3.63, 3.8) is 0 Å². The second-order valence-electron chi connectivity index (χ2n) is 5.19. The molecule has 0 fully saturated rings. The molecule has 0 saturated carbocycles. The number of carboxylic acids is 1. The van der Waals surface area contributed by atoms with Gasteiger partial charge in [-0.3, -0.25) is 9.48 Å². The first-order chi connectivity index (χ1) is 11.4. The maximum Gasteiger partial charge on any atom is 0.326 e. The van der Waals surface area contributed by atoms with Crippen molar-refractivity contribution in [3.8, 4) is 11.3 Å². The average molecular weight is 352 g/mol. The van der Waals surface area contributed by atoms with Crippen molar-refractivity contribution in [1.82, 2.24) is 15.1 Å². The van der Waals surface area contributed by atoms with Crippen molar-refractivity contribution < 1.29 is 19.4 Å². The Kier molecular flexibility index (Phi) is 5.94. The lowest BCUT2D eigenvalue weighted by molar-refractivity contribution is -0.139. The van der Waals surface area contributed by atoms with Gasteiger partial charge in [-0.1, -0.05) is 29.8 Å². The van der Waals surface area contributed by atoms with Crippen LogP contribution in [0, 0.1) is 0 Å². The predicted octanol–water partition coefficient (Wildman–Crippen LogP) is 1.96. The summed E-state index contributed by atoms with van der Waals surface area (Å²) in [4.78, 5) is 23.8. The van der Waals surface area contributed by atoms with Crippen LogP contribution in [-0.4, -0.2) is 46.5 Å². The summed E-state index contributed by atoms with van der Waals surface area (Å²) in [5, 5.41) is 16.4. The molecule has 0 radical (unpaired) electrons. The Labute approximate surface area is 144 Å². The number of halogens is 1. The molecule has 0 spiro atoms. The molecule has 2 N–H and O–H groups in total. The second-order valence-corrected chi connectivity index (χ2v) is 5.60. The molecule has 1 aromatic carbocycles. The number of carboxylic acid groups (broad SMARTS) is 1. The number of hydrogen-bond acceptors (Lipinski definition) is 4. The van der Waals surface area contributed by atoms with Crippen LogP contribution in [-0.2, 0) is 16.6 Å². The minimum atomic E-state index is -1.12. The molecular formula is C16H18ClN3O4. The van der Waals surface area contributed by atoms with Crippen molar-refractivity contribution in [2.24, 2.45) is 7.05 Å². The van der Waals surface area contributed by atoms with Gasteiger partial charge < -0.3 is 15.2 Å². The molecule has 1 unspecified atom stereocenters. The first-order valence-corrected chi connectivity index (χ1v) is 7.63. The van der Waals surface area contributed by atoms with Crippen LogP contribution in [0.1, 0.15) is 16.8 Å². The van der Waals surface area contributed by atoms with Gasteiger partial charge in [0.05, 0.1) is 10.6 Å². The third-order valence-corrected chi connectivity index (χ3v) is 3.75. The lowest BCUT2D eigenvalue weighted by Crippen LogP contribution is -2.41. The maximum atomic E-state index is 12.5. The molecule has 2 aromatic rings. The highest BCUT2D eigenvalue weighted by atomic mass is 35.5. The largest absolute Gasteiger partial charge is 0.480 e. The van der Waals surface area contributed by atoms with E-state index in [0.717, 1.165) is 0 Å². The number of methoxy groups -OCH3 is 1. The molecule has 128 valence electrons. The number of carbonyl (C=O) groups excluding carboxylic acids is 1. The molecule has 0 aliphatic carbocycles. The van der Waals surface area contributed by atoms with Gasteiger partial charge in [0.15, 0.2) is 0 Å². The third kappa shape index (κ3) is 4.12. The molecule has 0 aliphatic heterocycles. The highest BCUT2D eigenvalue weighted by Gasteiger charge is 2.24. The topological polar surface area (TPSA) is 93.5 Å². The Morgan fingerprint density at radius 1 is 1.42 bits per heavy atom. The highest BCUT2D eigenvalue weighted by Crippen LogP contribution is 2.29. The number of nitrogens with one attached hydrogen (secondary N) is 1. The zero-order valence-corrected chi connectivity index (χ0v) is 14.1. The Balaban J connectivity index is 2.30. The molecule has 1 heterocycles. The molecule has 0 aliphatic rings. The minimum Gasteiger partial charge on any atom is -0.480 e. The van der Waals surface area contributed by atoms with Crippen LogP contribution in [0.25, 0.3) is 11.3 Å². The molecule has 8 heteroatoms. The Morgan fingerprint density at radius 3 is 2.75 bits per heavy atom. The van der Waals surface area contributed by atoms with Gasteiger partial charge in [0.1, 0.15) is 11.7 Å². The van der Waals surface area contributed by atoms with E-state index < -0.39 is 17.9 Å². The normalized spacial score (nSPS) is 12.0. The number of amides is 1. The fourth-order valence-corrected chi connectivity index (χ4v) is 2.46. The first kappa shape index (κ1) is 18.0. The number of hydrogen-bond donors (Lipinski definition) is 2. The summed E-state index contributed by atoms with van der Waals surface area (Å²) in [6, 6.07) is 5.97. The van der Waals surface area contributed by atoms with Crippen LogP contribution >= 0.6 is 11.6 Å². The Morgan fingerprint density at radius 2 is 2.12 bits per heavy atom. The summed E-state index contributed by atoms with van der Waals surface area (Å²) >= 11 is 6.18. The quantitative estimate of drug-likeness (QED) is 0.795. The van der Waals surface area contributed by atoms with E-state index >= 15 is 0 Å². The van der Waals surface area contributed by atoms with Crippen molar-refractivity contribution in [1.29, 1.82) is 0 Å². The van der Waals surface area contributed by atoms with Gasteiger partial charge >= 0.3 is 5.97 Å². The fourth-order valence-electron chi connectivity index (χ4n) is 2.24. The second kappa shape index (κ2) is 7.94. The third-order valence-electron chi connectivity index (χ3n) is 3.42. The molecule has 0 saturated heterocycles. The Hall–Kier alpha value is -2.38. The van der Waals surface area contributed by atoms with E-state index in [9.17, 15) is 14.7 Å². The number of carbonyl (C=O) groups is 2. The van der Waals surface area contributed by atoms with Crippen LogP contribution in [0.3, 0.4) is 0 Å². The number of aryl methyl sites for hydroxylation is 1. The number of rotatable bonds is 7. The van der Waals surface area contributed by atoms with Gasteiger partial charge in [0.25, 0.3) is 5.91 Å². The zero-order chi connectivity index (χ0) is 17.7. The van der Waals surface area contributed by atoms with Gasteiger partial charge in [-0.2, -0.15) is 5.10 Å². The zero-order valence-electron chi connectivity index (χ0n) is 13.3. The molecule has 1 aromatic heterocycles. The highest BCUT2D eigenvalue weighted by molar-refractivity contribution is 6.33. The van der Waals surface area contributed by atoms with E-state index in [4.69, 9.17) is 16.3 Å². The first-order valence-electron chi connectivity index (χ1n) is 7.25. The number of benzene rings is 1. The molecule has 7 nitrogen and oxygen atoms in total. The summed E-state index contributed by atoms with van der Waals surface area (Å²) in [7, 11) is 3.15. The van der Waals surface area contributed by atoms with Crippen LogP contribution in [0.15, 0.2) is 30.5 Å². The molecule has 24 heavy (non-hydrogen) atoms. The SMILES string of the molecule is COCCC(NC(=O)c1cn(C)nc1-c1ccccc1Cl)C(=O)O. The monoisotopic (exact) mass is 351 g/mol. The van der Waals surface area contributed by atoms with Crippen LogP contribution < -0.4 is 5.32 Å². The van der Waals surface area contributed by atoms with Gasteiger partial charge in [0.2, 0.25) is 0 Å². The fraction of sp³-hybridized carbons (Fsp3) is 0.312. The number of nitrogens with zero attached hydrogens (tertiary/aromatic N) is 2. The van der Waals surface area contributed by atoms with Crippen molar-refractivity contribution in [2.75, 3.05) is 13.7 Å². The van der Waals surface area contributed by atoms with Crippen LogP contribution in [0.5, 0.6) is 0 Å². The van der Waals surface area contributed by atoms with E-state index in [2.05, 4.69) is 10.4 Å². The smallest absolute Gasteiger partial charge is 0.326 e. The minimum absolute atomic E-state index is 0.166. The summed E-state index contributed by atoms with van der Waals surface area (Å²) in [5.41, 5.74) is 1.26. The summed E-state index contributed by atoms with van der Waals surface area (Å²) in [6.45, 7) is 0.224. The molecular weight excluding hydrogens is 334 g/mol. The standard InChI is InChI=1S/C16H18ClN3O4/c1-20-9-11(14(19-20)10-5-3-4-6-12(10)17)15(21)18-13(16(22)23)7-8-24-2/h3-6,9,13H,7-8H2,1-2H3,(H,18,21)(H,22,23). The van der Waals surface area contributed by atoms with Gasteiger partial charge in [-0.25, -0.2) is 4.79 Å². The molecule has 1 atom stereocenters. The van der Waals surface area contributed by atoms with Crippen LogP contribution in [0.2, 0.25) is 5.02 Å².